The van der Waals surface area contributed by atoms with Gasteiger partial charge in [0.25, 0.3) is 0 Å². The van der Waals surface area contributed by atoms with Crippen LogP contribution in [0.3, 0.4) is 0 Å². The summed E-state index contributed by atoms with van der Waals surface area (Å²) < 4.78 is 0. The second-order valence-corrected chi connectivity index (χ2v) is 5.05. The summed E-state index contributed by atoms with van der Waals surface area (Å²) in [6, 6.07) is 5.40. The Morgan fingerprint density at radius 2 is 2.12 bits per heavy atom. The maximum absolute atomic E-state index is 11.7. The van der Waals surface area contributed by atoms with Crippen molar-refractivity contribution in [1.29, 1.82) is 0 Å². The van der Waals surface area contributed by atoms with Crippen LogP contribution < -0.4 is 11.1 Å². The zero-order chi connectivity index (χ0) is 13.0. The van der Waals surface area contributed by atoms with E-state index in [1.54, 1.807) is 6.07 Å². The highest BCUT2D eigenvalue weighted by molar-refractivity contribution is 6.33. The van der Waals surface area contributed by atoms with Crippen molar-refractivity contribution in [2.75, 3.05) is 5.32 Å². The van der Waals surface area contributed by atoms with Gasteiger partial charge < -0.3 is 11.1 Å². The summed E-state index contributed by atoms with van der Waals surface area (Å²) in [5.74, 6) is 0.186. The first kappa shape index (κ1) is 14.0. The SMILES string of the molecule is Cc1ccc(NC(=O)CC(N)C(C)C)c(Cl)c1. The van der Waals surface area contributed by atoms with Gasteiger partial charge in [-0.1, -0.05) is 31.5 Å². The van der Waals surface area contributed by atoms with Crippen molar-refractivity contribution in [2.45, 2.75) is 33.2 Å². The number of anilines is 1. The number of hydrogen-bond donors (Lipinski definition) is 2. The summed E-state index contributed by atoms with van der Waals surface area (Å²) in [4.78, 5) is 11.7. The first-order chi connectivity index (χ1) is 7.90. The average molecular weight is 255 g/mol. The fraction of sp³-hybridized carbons (Fsp3) is 0.462. The number of benzene rings is 1. The molecule has 3 N–H and O–H groups in total. The van der Waals surface area contributed by atoms with E-state index in [2.05, 4.69) is 5.32 Å². The van der Waals surface area contributed by atoms with Crippen LogP contribution in [0.4, 0.5) is 5.69 Å². The van der Waals surface area contributed by atoms with Gasteiger partial charge in [-0.3, -0.25) is 4.79 Å². The summed E-state index contributed by atoms with van der Waals surface area (Å²) in [6.07, 6.45) is 0.307. The number of amides is 1. The average Bonchev–Trinajstić information content (AvgIpc) is 2.22. The predicted molar refractivity (Wildman–Crippen MR) is 72.2 cm³/mol. The lowest BCUT2D eigenvalue weighted by atomic mass is 10.0. The van der Waals surface area contributed by atoms with Gasteiger partial charge in [0.1, 0.15) is 0 Å². The molecule has 0 aromatic heterocycles. The molecule has 0 fully saturated rings. The molecular weight excluding hydrogens is 236 g/mol. The fourth-order valence-corrected chi connectivity index (χ4v) is 1.65. The van der Waals surface area contributed by atoms with Gasteiger partial charge in [0, 0.05) is 12.5 Å². The third-order valence-electron chi connectivity index (χ3n) is 2.68. The minimum Gasteiger partial charge on any atom is -0.327 e. The predicted octanol–water partition coefficient (Wildman–Crippen LogP) is 2.96. The first-order valence-corrected chi connectivity index (χ1v) is 6.09. The van der Waals surface area contributed by atoms with Crippen LogP contribution in [-0.4, -0.2) is 11.9 Å². The van der Waals surface area contributed by atoms with Gasteiger partial charge in [-0.25, -0.2) is 0 Å². The van der Waals surface area contributed by atoms with Crippen LogP contribution in [0.1, 0.15) is 25.8 Å². The number of nitrogens with two attached hydrogens (primary N) is 1. The van der Waals surface area contributed by atoms with Crippen molar-refractivity contribution >= 4 is 23.2 Å². The van der Waals surface area contributed by atoms with Crippen molar-refractivity contribution in [3.8, 4) is 0 Å². The third kappa shape index (κ3) is 4.36. The van der Waals surface area contributed by atoms with E-state index in [1.165, 1.54) is 0 Å². The molecule has 1 aromatic rings. The molecular formula is C13H19ClN2O. The van der Waals surface area contributed by atoms with Crippen LogP contribution in [0.5, 0.6) is 0 Å². The molecule has 1 unspecified atom stereocenters. The van der Waals surface area contributed by atoms with E-state index >= 15 is 0 Å². The van der Waals surface area contributed by atoms with E-state index in [0.29, 0.717) is 17.1 Å². The summed E-state index contributed by atoms with van der Waals surface area (Å²) in [6.45, 7) is 5.94. The number of carbonyl (C=O) groups excluding carboxylic acids is 1. The zero-order valence-corrected chi connectivity index (χ0v) is 11.2. The molecule has 4 heteroatoms. The monoisotopic (exact) mass is 254 g/mol. The quantitative estimate of drug-likeness (QED) is 0.868. The molecule has 1 atom stereocenters. The molecule has 0 aliphatic carbocycles. The standard InChI is InChI=1S/C13H19ClN2O/c1-8(2)11(15)7-13(17)16-12-5-4-9(3)6-10(12)14/h4-6,8,11H,7,15H2,1-3H3,(H,16,17). The highest BCUT2D eigenvalue weighted by Crippen LogP contribution is 2.22. The molecule has 94 valence electrons. The normalized spacial score (nSPS) is 12.6. The summed E-state index contributed by atoms with van der Waals surface area (Å²) >= 11 is 6.03. The topological polar surface area (TPSA) is 55.1 Å². The second kappa shape index (κ2) is 6.03. The summed E-state index contributed by atoms with van der Waals surface area (Å²) in [5, 5.41) is 3.32. The maximum atomic E-state index is 11.7. The molecule has 17 heavy (non-hydrogen) atoms. The zero-order valence-electron chi connectivity index (χ0n) is 10.5. The lowest BCUT2D eigenvalue weighted by Crippen LogP contribution is -2.31. The van der Waals surface area contributed by atoms with E-state index in [4.69, 9.17) is 17.3 Å². The summed E-state index contributed by atoms with van der Waals surface area (Å²) in [5.41, 5.74) is 7.54. The van der Waals surface area contributed by atoms with Crippen LogP contribution in [0.25, 0.3) is 0 Å². The smallest absolute Gasteiger partial charge is 0.225 e. The Hall–Kier alpha value is -1.06. The van der Waals surface area contributed by atoms with Gasteiger partial charge in [-0.15, -0.1) is 0 Å². The Morgan fingerprint density at radius 1 is 1.47 bits per heavy atom. The molecule has 1 aromatic carbocycles. The molecule has 0 spiro atoms. The van der Waals surface area contributed by atoms with E-state index in [-0.39, 0.29) is 17.9 Å². The van der Waals surface area contributed by atoms with Gasteiger partial charge in [-0.05, 0) is 30.5 Å². The number of aryl methyl sites for hydroxylation is 1. The highest BCUT2D eigenvalue weighted by Gasteiger charge is 2.13. The first-order valence-electron chi connectivity index (χ1n) is 5.71. The molecule has 0 aliphatic heterocycles. The Kier molecular flexibility index (Phi) is 4.97. The van der Waals surface area contributed by atoms with Crippen LogP contribution in [0, 0.1) is 12.8 Å². The maximum Gasteiger partial charge on any atom is 0.225 e. The van der Waals surface area contributed by atoms with Crippen molar-refractivity contribution in [3.63, 3.8) is 0 Å². The van der Waals surface area contributed by atoms with Crippen LogP contribution in [0.2, 0.25) is 5.02 Å². The molecule has 0 saturated heterocycles. The minimum absolute atomic E-state index is 0.100. The Bertz CT molecular complexity index is 404. The van der Waals surface area contributed by atoms with E-state index in [9.17, 15) is 4.79 Å². The van der Waals surface area contributed by atoms with Gasteiger partial charge in [0.05, 0.1) is 10.7 Å². The molecule has 1 amide bonds. The van der Waals surface area contributed by atoms with Crippen LogP contribution >= 0.6 is 11.6 Å². The van der Waals surface area contributed by atoms with Gasteiger partial charge in [-0.2, -0.15) is 0 Å². The lowest BCUT2D eigenvalue weighted by Gasteiger charge is -2.15. The molecule has 1 rings (SSSR count). The molecule has 3 nitrogen and oxygen atoms in total. The largest absolute Gasteiger partial charge is 0.327 e. The van der Waals surface area contributed by atoms with Crippen molar-refractivity contribution in [2.24, 2.45) is 11.7 Å². The van der Waals surface area contributed by atoms with Crippen LogP contribution in [-0.2, 0) is 4.79 Å². The number of hydrogen-bond acceptors (Lipinski definition) is 2. The number of halogens is 1. The highest BCUT2D eigenvalue weighted by atomic mass is 35.5. The van der Waals surface area contributed by atoms with Crippen molar-refractivity contribution < 1.29 is 4.79 Å². The fourth-order valence-electron chi connectivity index (χ4n) is 1.37. The van der Waals surface area contributed by atoms with Crippen molar-refractivity contribution in [1.82, 2.24) is 0 Å². The Balaban J connectivity index is 2.62. The summed E-state index contributed by atoms with van der Waals surface area (Å²) in [7, 11) is 0. The molecule has 0 aliphatic rings. The number of rotatable bonds is 4. The minimum atomic E-state index is -0.126. The number of nitrogens with one attached hydrogen (secondary N) is 1. The van der Waals surface area contributed by atoms with Gasteiger partial charge in [0.15, 0.2) is 0 Å². The molecule has 0 bridgehead atoms. The Labute approximate surface area is 107 Å². The van der Waals surface area contributed by atoms with E-state index < -0.39 is 0 Å². The van der Waals surface area contributed by atoms with E-state index in [1.807, 2.05) is 32.9 Å². The molecule has 0 radical (unpaired) electrons. The molecule has 0 heterocycles. The van der Waals surface area contributed by atoms with Crippen LogP contribution in [0.15, 0.2) is 18.2 Å². The lowest BCUT2D eigenvalue weighted by molar-refractivity contribution is -0.116. The second-order valence-electron chi connectivity index (χ2n) is 4.64. The van der Waals surface area contributed by atoms with E-state index in [0.717, 1.165) is 5.56 Å². The third-order valence-corrected chi connectivity index (χ3v) is 2.99. The molecule has 0 saturated carbocycles. The van der Waals surface area contributed by atoms with Crippen molar-refractivity contribution in [3.05, 3.63) is 28.8 Å². The van der Waals surface area contributed by atoms with Gasteiger partial charge >= 0.3 is 0 Å². The van der Waals surface area contributed by atoms with Gasteiger partial charge in [0.2, 0.25) is 5.91 Å². The Morgan fingerprint density at radius 3 is 2.65 bits per heavy atom. The number of carbonyl (C=O) groups is 1.